The predicted octanol–water partition coefficient (Wildman–Crippen LogP) is 2.27. The van der Waals surface area contributed by atoms with Gasteiger partial charge in [-0.25, -0.2) is 4.98 Å². The molecule has 1 aliphatic rings. The third-order valence-corrected chi connectivity index (χ3v) is 3.73. The van der Waals surface area contributed by atoms with Gasteiger partial charge in [0.05, 0.1) is 7.11 Å². The van der Waals surface area contributed by atoms with Crippen LogP contribution in [0.1, 0.15) is 45.2 Å². The molecule has 0 radical (unpaired) electrons. The molecule has 1 aliphatic carbocycles. The van der Waals surface area contributed by atoms with Crippen LogP contribution in [0.3, 0.4) is 0 Å². The number of aliphatic hydroxyl groups is 1. The summed E-state index contributed by atoms with van der Waals surface area (Å²) in [6, 6.07) is 0. The molecule has 1 aromatic heterocycles. The Morgan fingerprint density at radius 2 is 1.71 bits per heavy atom. The minimum absolute atomic E-state index is 0.307. The van der Waals surface area contributed by atoms with Gasteiger partial charge >= 0.3 is 0 Å². The van der Waals surface area contributed by atoms with Crippen molar-refractivity contribution in [1.29, 1.82) is 0 Å². The quantitative estimate of drug-likeness (QED) is 0.855. The molecule has 1 fully saturated rings. The van der Waals surface area contributed by atoms with Crippen molar-refractivity contribution in [3.8, 4) is 5.88 Å². The number of rotatable bonds is 2. The second-order valence-electron chi connectivity index (χ2n) is 5.61. The number of aromatic nitrogens is 2. The number of hydrogen-bond donors (Lipinski definition) is 1. The maximum Gasteiger partial charge on any atom is 0.238 e. The van der Waals surface area contributed by atoms with Gasteiger partial charge in [-0.2, -0.15) is 0 Å². The van der Waals surface area contributed by atoms with Gasteiger partial charge in [0.25, 0.3) is 0 Å². The highest BCUT2D eigenvalue weighted by atomic mass is 16.5. The first kappa shape index (κ1) is 12.3. The fourth-order valence-corrected chi connectivity index (χ4v) is 2.37. The lowest BCUT2D eigenvalue weighted by molar-refractivity contribution is -0.0360. The zero-order chi connectivity index (χ0) is 12.5. The van der Waals surface area contributed by atoms with Crippen molar-refractivity contribution in [3.63, 3.8) is 0 Å². The van der Waals surface area contributed by atoms with E-state index < -0.39 is 5.60 Å². The summed E-state index contributed by atoms with van der Waals surface area (Å²) in [5.41, 5.74) is 0.00886. The van der Waals surface area contributed by atoms with Crippen LogP contribution in [-0.2, 0) is 5.60 Å². The number of nitrogens with zero attached hydrogens (tertiary/aromatic N) is 2. The van der Waals surface area contributed by atoms with Crippen LogP contribution in [0.25, 0.3) is 0 Å². The Kier molecular flexibility index (Phi) is 3.08. The smallest absolute Gasteiger partial charge is 0.238 e. The zero-order valence-corrected chi connectivity index (χ0v) is 10.7. The summed E-state index contributed by atoms with van der Waals surface area (Å²) in [6.45, 7) is 4.47. The van der Waals surface area contributed by atoms with E-state index in [9.17, 15) is 5.11 Å². The molecular weight excluding hydrogens is 216 g/mol. The van der Waals surface area contributed by atoms with Crippen LogP contribution in [0.15, 0.2) is 12.4 Å². The fourth-order valence-electron chi connectivity index (χ4n) is 2.37. The molecule has 94 valence electrons. The molecule has 2 rings (SSSR count). The minimum Gasteiger partial charge on any atom is -0.480 e. The molecule has 0 saturated heterocycles. The third-order valence-electron chi connectivity index (χ3n) is 3.73. The number of ether oxygens (including phenoxy) is 1. The molecule has 4 nitrogen and oxygen atoms in total. The van der Waals surface area contributed by atoms with Crippen LogP contribution < -0.4 is 4.74 Å². The first-order chi connectivity index (χ1) is 7.97. The van der Waals surface area contributed by atoms with Crippen LogP contribution in [-0.4, -0.2) is 22.2 Å². The molecule has 1 heterocycles. The van der Waals surface area contributed by atoms with Crippen molar-refractivity contribution in [2.75, 3.05) is 7.11 Å². The van der Waals surface area contributed by atoms with E-state index in [1.807, 2.05) is 0 Å². The predicted molar refractivity (Wildman–Crippen MR) is 64.7 cm³/mol. The molecule has 0 amide bonds. The Morgan fingerprint density at radius 3 is 2.29 bits per heavy atom. The molecule has 1 saturated carbocycles. The first-order valence-corrected chi connectivity index (χ1v) is 6.05. The maximum atomic E-state index is 10.7. The van der Waals surface area contributed by atoms with E-state index in [-0.39, 0.29) is 0 Å². The average Bonchev–Trinajstić information content (AvgIpc) is 2.33. The highest BCUT2D eigenvalue weighted by molar-refractivity contribution is 5.25. The third kappa shape index (κ3) is 2.41. The highest BCUT2D eigenvalue weighted by Gasteiger charge is 2.41. The van der Waals surface area contributed by atoms with Gasteiger partial charge in [0, 0.05) is 12.4 Å². The Bertz CT molecular complexity index is 394. The molecule has 0 atom stereocenters. The van der Waals surface area contributed by atoms with E-state index in [1.54, 1.807) is 19.5 Å². The Morgan fingerprint density at radius 1 is 1.12 bits per heavy atom. The van der Waals surface area contributed by atoms with Gasteiger partial charge in [-0.05, 0) is 31.1 Å². The number of methoxy groups -OCH3 is 1. The second kappa shape index (κ2) is 4.26. The minimum atomic E-state index is -0.880. The lowest BCUT2D eigenvalue weighted by atomic mass is 9.70. The molecule has 0 unspecified atom stereocenters. The molecule has 0 spiro atoms. The molecule has 0 aromatic carbocycles. The van der Waals surface area contributed by atoms with Crippen molar-refractivity contribution in [2.45, 2.75) is 45.1 Å². The monoisotopic (exact) mass is 236 g/mol. The Labute approximate surface area is 102 Å². The summed E-state index contributed by atoms with van der Waals surface area (Å²) in [5, 5.41) is 10.7. The van der Waals surface area contributed by atoms with E-state index in [0.29, 0.717) is 17.0 Å². The molecule has 1 aromatic rings. The van der Waals surface area contributed by atoms with Gasteiger partial charge in [0.2, 0.25) is 5.88 Å². The first-order valence-electron chi connectivity index (χ1n) is 6.05. The molecular formula is C13H20N2O2. The van der Waals surface area contributed by atoms with Crippen LogP contribution in [0.5, 0.6) is 5.88 Å². The van der Waals surface area contributed by atoms with Crippen molar-refractivity contribution >= 4 is 0 Å². The van der Waals surface area contributed by atoms with E-state index in [2.05, 4.69) is 23.8 Å². The topological polar surface area (TPSA) is 55.2 Å². The Balaban J connectivity index is 2.27. The second-order valence-corrected chi connectivity index (χ2v) is 5.61. The lowest BCUT2D eigenvalue weighted by Crippen LogP contribution is -2.35. The van der Waals surface area contributed by atoms with Gasteiger partial charge < -0.3 is 9.84 Å². The van der Waals surface area contributed by atoms with Crippen molar-refractivity contribution in [3.05, 3.63) is 18.1 Å². The molecule has 0 aliphatic heterocycles. The van der Waals surface area contributed by atoms with Crippen LogP contribution in [0.4, 0.5) is 0 Å². The zero-order valence-electron chi connectivity index (χ0n) is 10.7. The normalized spacial score (nSPS) is 22.1. The molecule has 4 heteroatoms. The summed E-state index contributed by atoms with van der Waals surface area (Å²) in [6.07, 6.45) is 6.60. The van der Waals surface area contributed by atoms with E-state index in [0.717, 1.165) is 25.7 Å². The number of hydrogen-bond acceptors (Lipinski definition) is 4. The van der Waals surface area contributed by atoms with Gasteiger partial charge in [0.15, 0.2) is 0 Å². The standard InChI is InChI=1S/C13H20N2O2/c1-12(2)4-6-13(16,7-5-12)10-11(17-3)15-9-8-14-10/h8-9,16H,4-7H2,1-3H3. The maximum absolute atomic E-state index is 10.7. The van der Waals surface area contributed by atoms with Crippen LogP contribution in [0, 0.1) is 5.41 Å². The molecule has 17 heavy (non-hydrogen) atoms. The van der Waals surface area contributed by atoms with Gasteiger partial charge in [0.1, 0.15) is 11.3 Å². The largest absolute Gasteiger partial charge is 0.480 e. The summed E-state index contributed by atoms with van der Waals surface area (Å²) in [4.78, 5) is 8.36. The van der Waals surface area contributed by atoms with E-state index >= 15 is 0 Å². The lowest BCUT2D eigenvalue weighted by Gasteiger charge is -2.39. The summed E-state index contributed by atoms with van der Waals surface area (Å²) >= 11 is 0. The summed E-state index contributed by atoms with van der Waals surface area (Å²) in [7, 11) is 1.56. The Hall–Kier alpha value is -1.16. The SMILES string of the molecule is COc1nccnc1C1(O)CCC(C)(C)CC1. The van der Waals surface area contributed by atoms with Gasteiger partial charge in [-0.1, -0.05) is 13.8 Å². The van der Waals surface area contributed by atoms with Crippen LogP contribution in [0.2, 0.25) is 0 Å². The van der Waals surface area contributed by atoms with Crippen molar-refractivity contribution in [2.24, 2.45) is 5.41 Å². The average molecular weight is 236 g/mol. The summed E-state index contributed by atoms with van der Waals surface area (Å²) < 4.78 is 5.18. The molecule has 0 bridgehead atoms. The highest BCUT2D eigenvalue weighted by Crippen LogP contribution is 2.45. The van der Waals surface area contributed by atoms with E-state index in [4.69, 9.17) is 4.74 Å². The van der Waals surface area contributed by atoms with Crippen molar-refractivity contribution in [1.82, 2.24) is 9.97 Å². The van der Waals surface area contributed by atoms with Gasteiger partial charge in [-0.3, -0.25) is 4.98 Å². The molecule has 1 N–H and O–H groups in total. The van der Waals surface area contributed by atoms with Gasteiger partial charge in [-0.15, -0.1) is 0 Å². The summed E-state index contributed by atoms with van der Waals surface area (Å²) in [5.74, 6) is 0.440. The fraction of sp³-hybridized carbons (Fsp3) is 0.692. The van der Waals surface area contributed by atoms with Crippen molar-refractivity contribution < 1.29 is 9.84 Å². The van der Waals surface area contributed by atoms with E-state index in [1.165, 1.54) is 0 Å². The van der Waals surface area contributed by atoms with Crippen LogP contribution >= 0.6 is 0 Å².